The smallest absolute Gasteiger partial charge is 0.151 e. The minimum Gasteiger partial charge on any atom is -0.472 e. The number of nitrogens with two attached hydrogens (primary N) is 1. The minimum atomic E-state index is 0.337. The molecule has 0 atom stereocenters. The van der Waals surface area contributed by atoms with E-state index < -0.39 is 0 Å². The molecule has 0 unspecified atom stereocenters. The summed E-state index contributed by atoms with van der Waals surface area (Å²) in [4.78, 5) is 8.77. The standard InChI is InChI=1S/C18H18N4O/c1-3-13-6-4-5-7-15(13)21-12(2)17-18(19)20-10-16(22-17)14-8-9-23-11-14/h4-11,21H,2-3H2,1H3,(H2,19,20). The van der Waals surface area contributed by atoms with Crippen LogP contribution in [0.4, 0.5) is 11.5 Å². The van der Waals surface area contributed by atoms with Crippen molar-refractivity contribution in [2.45, 2.75) is 13.3 Å². The van der Waals surface area contributed by atoms with E-state index in [1.54, 1.807) is 18.7 Å². The molecule has 0 aliphatic carbocycles. The first-order valence-electron chi connectivity index (χ1n) is 7.38. The number of nitrogen functional groups attached to an aromatic ring is 1. The fourth-order valence-electron chi connectivity index (χ4n) is 2.34. The molecule has 0 aliphatic heterocycles. The van der Waals surface area contributed by atoms with Gasteiger partial charge < -0.3 is 15.5 Å². The highest BCUT2D eigenvalue weighted by Crippen LogP contribution is 2.25. The molecule has 1 aromatic carbocycles. The lowest BCUT2D eigenvalue weighted by Gasteiger charge is -2.14. The zero-order valence-electron chi connectivity index (χ0n) is 12.9. The van der Waals surface area contributed by atoms with Crippen LogP contribution >= 0.6 is 0 Å². The highest BCUT2D eigenvalue weighted by atomic mass is 16.3. The topological polar surface area (TPSA) is 77.0 Å². The number of hydrogen-bond donors (Lipinski definition) is 2. The van der Waals surface area contributed by atoms with Gasteiger partial charge in [0.15, 0.2) is 5.82 Å². The molecule has 0 aliphatic rings. The lowest BCUT2D eigenvalue weighted by Crippen LogP contribution is -2.07. The van der Waals surface area contributed by atoms with Crippen molar-refractivity contribution in [1.82, 2.24) is 9.97 Å². The van der Waals surface area contributed by atoms with Crippen molar-refractivity contribution in [3.63, 3.8) is 0 Å². The number of anilines is 2. The van der Waals surface area contributed by atoms with Crippen molar-refractivity contribution in [3.8, 4) is 11.3 Å². The number of nitrogens with one attached hydrogen (secondary N) is 1. The number of aromatic nitrogens is 2. The van der Waals surface area contributed by atoms with Crippen LogP contribution in [0.25, 0.3) is 17.0 Å². The third-order valence-electron chi connectivity index (χ3n) is 3.59. The van der Waals surface area contributed by atoms with Gasteiger partial charge in [-0.25, -0.2) is 9.97 Å². The predicted molar refractivity (Wildman–Crippen MR) is 92.6 cm³/mol. The first-order valence-corrected chi connectivity index (χ1v) is 7.38. The van der Waals surface area contributed by atoms with Gasteiger partial charge in [-0.1, -0.05) is 31.7 Å². The van der Waals surface area contributed by atoms with Crippen molar-refractivity contribution >= 4 is 17.2 Å². The maximum Gasteiger partial charge on any atom is 0.151 e. The van der Waals surface area contributed by atoms with E-state index in [0.29, 0.717) is 22.9 Å². The van der Waals surface area contributed by atoms with Gasteiger partial charge >= 0.3 is 0 Å². The molecule has 0 saturated carbocycles. The van der Waals surface area contributed by atoms with Gasteiger partial charge in [0, 0.05) is 11.3 Å². The SMILES string of the molecule is C=C(Nc1ccccc1CC)c1nc(-c2ccoc2)cnc1N. The highest BCUT2D eigenvalue weighted by Gasteiger charge is 2.12. The number of benzene rings is 1. The lowest BCUT2D eigenvalue weighted by molar-refractivity contribution is 0.568. The number of hydrogen-bond acceptors (Lipinski definition) is 5. The summed E-state index contributed by atoms with van der Waals surface area (Å²) < 4.78 is 5.09. The second kappa shape index (κ2) is 6.36. The van der Waals surface area contributed by atoms with Gasteiger partial charge in [-0.05, 0) is 24.1 Å². The average Bonchev–Trinajstić information content (AvgIpc) is 3.10. The fraction of sp³-hybridized carbons (Fsp3) is 0.111. The second-order valence-electron chi connectivity index (χ2n) is 5.12. The predicted octanol–water partition coefficient (Wildman–Crippen LogP) is 3.96. The van der Waals surface area contributed by atoms with Gasteiger partial charge in [-0.3, -0.25) is 0 Å². The molecular formula is C18H18N4O. The van der Waals surface area contributed by atoms with E-state index in [-0.39, 0.29) is 0 Å². The quantitative estimate of drug-likeness (QED) is 0.746. The lowest BCUT2D eigenvalue weighted by atomic mass is 10.1. The number of para-hydroxylation sites is 1. The van der Waals surface area contributed by atoms with Gasteiger partial charge in [-0.2, -0.15) is 0 Å². The Labute approximate surface area is 134 Å². The summed E-state index contributed by atoms with van der Waals surface area (Å²) in [5, 5.41) is 3.29. The van der Waals surface area contributed by atoms with Gasteiger partial charge in [0.2, 0.25) is 0 Å². The van der Waals surface area contributed by atoms with Crippen LogP contribution < -0.4 is 11.1 Å². The summed E-state index contributed by atoms with van der Waals surface area (Å²) in [6, 6.07) is 9.90. The zero-order valence-corrected chi connectivity index (χ0v) is 12.9. The molecule has 0 fully saturated rings. The third-order valence-corrected chi connectivity index (χ3v) is 3.59. The Kier molecular flexibility index (Phi) is 4.10. The van der Waals surface area contributed by atoms with Crippen LogP contribution in [0.1, 0.15) is 18.2 Å². The maximum absolute atomic E-state index is 5.97. The van der Waals surface area contributed by atoms with Crippen LogP contribution in [0.3, 0.4) is 0 Å². The van der Waals surface area contributed by atoms with Crippen LogP contribution in [0.15, 0.2) is 60.1 Å². The first kappa shape index (κ1) is 14.8. The molecule has 0 spiro atoms. The van der Waals surface area contributed by atoms with Gasteiger partial charge in [0.05, 0.1) is 30.1 Å². The number of nitrogens with zero attached hydrogens (tertiary/aromatic N) is 2. The molecule has 5 nitrogen and oxygen atoms in total. The zero-order chi connectivity index (χ0) is 16.2. The van der Waals surface area contributed by atoms with Gasteiger partial charge in [0.1, 0.15) is 5.69 Å². The van der Waals surface area contributed by atoms with Crippen LogP contribution in [0.2, 0.25) is 0 Å². The van der Waals surface area contributed by atoms with Crippen molar-refractivity contribution in [1.29, 1.82) is 0 Å². The average molecular weight is 306 g/mol. The number of furan rings is 1. The molecule has 2 aromatic heterocycles. The molecule has 3 N–H and O–H groups in total. The Morgan fingerprint density at radius 3 is 2.87 bits per heavy atom. The van der Waals surface area contributed by atoms with Crippen LogP contribution in [0, 0.1) is 0 Å². The highest BCUT2D eigenvalue weighted by molar-refractivity contribution is 5.80. The van der Waals surface area contributed by atoms with E-state index in [2.05, 4.69) is 34.9 Å². The molecule has 5 heteroatoms. The normalized spacial score (nSPS) is 10.5. The Balaban J connectivity index is 1.91. The molecule has 3 rings (SSSR count). The summed E-state index contributed by atoms with van der Waals surface area (Å²) in [5.74, 6) is 0.337. The molecule has 0 amide bonds. The summed E-state index contributed by atoms with van der Waals surface area (Å²) in [6.45, 7) is 6.17. The molecule has 23 heavy (non-hydrogen) atoms. The first-order chi connectivity index (χ1) is 11.2. The largest absolute Gasteiger partial charge is 0.472 e. The van der Waals surface area contributed by atoms with Gasteiger partial charge in [0.25, 0.3) is 0 Å². The minimum absolute atomic E-state index is 0.337. The molecule has 2 heterocycles. The molecular weight excluding hydrogens is 288 g/mol. The summed E-state index contributed by atoms with van der Waals surface area (Å²) in [6.07, 6.45) is 5.76. The number of rotatable bonds is 5. The summed E-state index contributed by atoms with van der Waals surface area (Å²) in [5.41, 5.74) is 10.9. The summed E-state index contributed by atoms with van der Waals surface area (Å²) >= 11 is 0. The van der Waals surface area contributed by atoms with E-state index >= 15 is 0 Å². The maximum atomic E-state index is 5.97. The third kappa shape index (κ3) is 3.08. The van der Waals surface area contributed by atoms with E-state index in [9.17, 15) is 0 Å². The van der Waals surface area contributed by atoms with E-state index in [0.717, 1.165) is 17.7 Å². The Bertz CT molecular complexity index is 825. The fourth-order valence-corrected chi connectivity index (χ4v) is 2.34. The Morgan fingerprint density at radius 2 is 2.13 bits per heavy atom. The van der Waals surface area contributed by atoms with E-state index in [1.807, 2.05) is 24.3 Å². The second-order valence-corrected chi connectivity index (χ2v) is 5.12. The van der Waals surface area contributed by atoms with Crippen molar-refractivity contribution < 1.29 is 4.42 Å². The van der Waals surface area contributed by atoms with Crippen LogP contribution in [0.5, 0.6) is 0 Å². The van der Waals surface area contributed by atoms with E-state index in [1.165, 1.54) is 5.56 Å². The molecule has 116 valence electrons. The molecule has 0 radical (unpaired) electrons. The molecule has 3 aromatic rings. The van der Waals surface area contributed by atoms with E-state index in [4.69, 9.17) is 10.2 Å². The van der Waals surface area contributed by atoms with Crippen molar-refractivity contribution in [2.24, 2.45) is 0 Å². The Morgan fingerprint density at radius 1 is 1.30 bits per heavy atom. The molecule has 0 saturated heterocycles. The van der Waals surface area contributed by atoms with Crippen molar-refractivity contribution in [3.05, 3.63) is 66.9 Å². The van der Waals surface area contributed by atoms with Gasteiger partial charge in [-0.15, -0.1) is 0 Å². The molecule has 0 bridgehead atoms. The van der Waals surface area contributed by atoms with Crippen LogP contribution in [-0.4, -0.2) is 9.97 Å². The number of aryl methyl sites for hydroxylation is 1. The summed E-state index contributed by atoms with van der Waals surface area (Å²) in [7, 11) is 0. The van der Waals surface area contributed by atoms with Crippen molar-refractivity contribution in [2.75, 3.05) is 11.1 Å². The Hall–Kier alpha value is -3.08. The monoisotopic (exact) mass is 306 g/mol. The van der Waals surface area contributed by atoms with Crippen LogP contribution in [-0.2, 0) is 6.42 Å².